The molecule has 0 aromatic heterocycles. The highest BCUT2D eigenvalue weighted by Gasteiger charge is 2.24. The average Bonchev–Trinajstić information content (AvgIpc) is 2.48. The summed E-state index contributed by atoms with van der Waals surface area (Å²) in [5.74, 6) is -0.292. The van der Waals surface area contributed by atoms with Gasteiger partial charge in [0, 0.05) is 24.0 Å². The number of piperidine rings is 1. The Kier molecular flexibility index (Phi) is 6.00. The predicted molar refractivity (Wildman–Crippen MR) is 88.8 cm³/mol. The Morgan fingerprint density at radius 2 is 2.18 bits per heavy atom. The fourth-order valence-electron chi connectivity index (χ4n) is 2.99. The van der Waals surface area contributed by atoms with Crippen LogP contribution in [-0.2, 0) is 16.0 Å². The molecular weight excluding hydrogens is 346 g/mol. The van der Waals surface area contributed by atoms with Gasteiger partial charge in [-0.15, -0.1) is 0 Å². The molecule has 1 aliphatic rings. The fourth-order valence-corrected chi connectivity index (χ4v) is 3.46. The molecule has 0 radical (unpaired) electrons. The number of halogens is 1. The lowest BCUT2D eigenvalue weighted by Gasteiger charge is -2.33. The van der Waals surface area contributed by atoms with Gasteiger partial charge in [-0.1, -0.05) is 22.0 Å². The first-order valence-electron chi connectivity index (χ1n) is 7.70. The number of carboxylic acids is 1. The number of hydrogen-bond donors (Lipinski definition) is 1. The van der Waals surface area contributed by atoms with Crippen molar-refractivity contribution >= 4 is 27.8 Å². The third kappa shape index (κ3) is 4.83. The van der Waals surface area contributed by atoms with Crippen molar-refractivity contribution in [3.63, 3.8) is 0 Å². The standard InChI is InChI=1S/C17H22BrNO3/c1-12-9-15(18)6-5-14(12)10-16(20)19-8-2-3-13(11-19)4-7-17(21)22/h5-6,9,13H,2-4,7-8,10-11H2,1H3,(H,21,22). The first kappa shape index (κ1) is 17.0. The highest BCUT2D eigenvalue weighted by molar-refractivity contribution is 9.10. The van der Waals surface area contributed by atoms with Gasteiger partial charge < -0.3 is 10.0 Å². The maximum absolute atomic E-state index is 12.5. The van der Waals surface area contributed by atoms with Crippen LogP contribution >= 0.6 is 15.9 Å². The van der Waals surface area contributed by atoms with E-state index in [4.69, 9.17) is 5.11 Å². The molecule has 120 valence electrons. The summed E-state index contributed by atoms with van der Waals surface area (Å²) < 4.78 is 1.02. The zero-order valence-corrected chi connectivity index (χ0v) is 14.4. The second-order valence-electron chi connectivity index (χ2n) is 6.03. The zero-order valence-electron chi connectivity index (χ0n) is 12.8. The number of hydrogen-bond acceptors (Lipinski definition) is 2. The van der Waals surface area contributed by atoms with Crippen LogP contribution in [0.1, 0.15) is 36.8 Å². The summed E-state index contributed by atoms with van der Waals surface area (Å²) in [6.07, 6.45) is 3.27. The molecule has 0 bridgehead atoms. The van der Waals surface area contributed by atoms with Gasteiger partial charge in [-0.3, -0.25) is 9.59 Å². The molecule has 4 nitrogen and oxygen atoms in total. The second kappa shape index (κ2) is 7.77. The maximum atomic E-state index is 12.5. The zero-order chi connectivity index (χ0) is 16.1. The third-order valence-electron chi connectivity index (χ3n) is 4.28. The van der Waals surface area contributed by atoms with Crippen molar-refractivity contribution in [1.29, 1.82) is 0 Å². The minimum Gasteiger partial charge on any atom is -0.481 e. The molecule has 1 amide bonds. The largest absolute Gasteiger partial charge is 0.481 e. The minimum atomic E-state index is -0.756. The van der Waals surface area contributed by atoms with E-state index in [1.165, 1.54) is 0 Å². The molecule has 1 N–H and O–H groups in total. The van der Waals surface area contributed by atoms with Crippen molar-refractivity contribution in [2.24, 2.45) is 5.92 Å². The molecule has 1 saturated heterocycles. The molecule has 1 heterocycles. The minimum absolute atomic E-state index is 0.144. The molecule has 0 saturated carbocycles. The average molecular weight is 368 g/mol. The van der Waals surface area contributed by atoms with Gasteiger partial charge >= 0.3 is 5.97 Å². The molecule has 5 heteroatoms. The van der Waals surface area contributed by atoms with Gasteiger partial charge in [0.15, 0.2) is 0 Å². The number of rotatable bonds is 5. The van der Waals surface area contributed by atoms with Crippen molar-refractivity contribution in [1.82, 2.24) is 4.90 Å². The molecule has 1 aromatic carbocycles. The number of amides is 1. The molecule has 1 aromatic rings. The molecule has 1 fully saturated rings. The van der Waals surface area contributed by atoms with E-state index < -0.39 is 5.97 Å². The predicted octanol–water partition coefficient (Wildman–Crippen LogP) is 3.40. The van der Waals surface area contributed by atoms with Crippen molar-refractivity contribution in [3.05, 3.63) is 33.8 Å². The van der Waals surface area contributed by atoms with Gasteiger partial charge in [-0.2, -0.15) is 0 Å². The number of benzene rings is 1. The van der Waals surface area contributed by atoms with Crippen LogP contribution in [0.5, 0.6) is 0 Å². The normalized spacial score (nSPS) is 18.3. The van der Waals surface area contributed by atoms with Crippen LogP contribution in [0.15, 0.2) is 22.7 Å². The van der Waals surface area contributed by atoms with Crippen molar-refractivity contribution in [3.8, 4) is 0 Å². The molecule has 1 aliphatic heterocycles. The quantitative estimate of drug-likeness (QED) is 0.867. The lowest BCUT2D eigenvalue weighted by Crippen LogP contribution is -2.40. The van der Waals surface area contributed by atoms with Crippen LogP contribution in [0.25, 0.3) is 0 Å². The molecule has 1 atom stereocenters. The summed E-state index contributed by atoms with van der Waals surface area (Å²) in [6, 6.07) is 5.97. The number of likely N-dealkylation sites (tertiary alicyclic amines) is 1. The van der Waals surface area contributed by atoms with E-state index in [2.05, 4.69) is 15.9 Å². The fraction of sp³-hybridized carbons (Fsp3) is 0.529. The van der Waals surface area contributed by atoms with E-state index in [0.717, 1.165) is 35.0 Å². The Morgan fingerprint density at radius 3 is 2.86 bits per heavy atom. The van der Waals surface area contributed by atoms with Gasteiger partial charge in [-0.05, 0) is 55.4 Å². The lowest BCUT2D eigenvalue weighted by atomic mass is 9.93. The summed E-state index contributed by atoms with van der Waals surface area (Å²) in [7, 11) is 0. The van der Waals surface area contributed by atoms with Gasteiger partial charge in [0.2, 0.25) is 5.91 Å². The van der Waals surface area contributed by atoms with E-state index in [-0.39, 0.29) is 12.3 Å². The van der Waals surface area contributed by atoms with E-state index in [9.17, 15) is 9.59 Å². The number of carbonyl (C=O) groups is 2. The van der Waals surface area contributed by atoms with Crippen molar-refractivity contribution in [2.75, 3.05) is 13.1 Å². The highest BCUT2D eigenvalue weighted by Crippen LogP contribution is 2.22. The molecule has 2 rings (SSSR count). The molecular formula is C17H22BrNO3. The number of carbonyl (C=O) groups excluding carboxylic acids is 1. The summed E-state index contributed by atoms with van der Waals surface area (Å²) in [5, 5.41) is 8.78. The number of nitrogens with zero attached hydrogens (tertiary/aromatic N) is 1. The topological polar surface area (TPSA) is 57.6 Å². The SMILES string of the molecule is Cc1cc(Br)ccc1CC(=O)N1CCCC(CCC(=O)O)C1. The van der Waals surface area contributed by atoms with Gasteiger partial charge in [0.1, 0.15) is 0 Å². The van der Waals surface area contributed by atoms with Crippen LogP contribution in [0, 0.1) is 12.8 Å². The highest BCUT2D eigenvalue weighted by atomic mass is 79.9. The van der Waals surface area contributed by atoms with Crippen LogP contribution < -0.4 is 0 Å². The summed E-state index contributed by atoms with van der Waals surface area (Å²) in [4.78, 5) is 25.1. The lowest BCUT2D eigenvalue weighted by molar-refractivity contribution is -0.137. The van der Waals surface area contributed by atoms with Crippen LogP contribution in [0.4, 0.5) is 0 Å². The van der Waals surface area contributed by atoms with E-state index in [1.807, 2.05) is 30.0 Å². The van der Waals surface area contributed by atoms with Crippen molar-refractivity contribution < 1.29 is 14.7 Å². The van der Waals surface area contributed by atoms with Gasteiger partial charge in [0.25, 0.3) is 0 Å². The Labute approximate surface area is 139 Å². The van der Waals surface area contributed by atoms with Crippen LogP contribution in [0.3, 0.4) is 0 Å². The number of aryl methyl sites for hydroxylation is 1. The van der Waals surface area contributed by atoms with Crippen LogP contribution in [-0.4, -0.2) is 35.0 Å². The smallest absolute Gasteiger partial charge is 0.303 e. The van der Waals surface area contributed by atoms with Crippen molar-refractivity contribution in [2.45, 2.75) is 39.0 Å². The number of aliphatic carboxylic acids is 1. The Balaban J connectivity index is 1.92. The number of carboxylic acid groups (broad SMARTS) is 1. The van der Waals surface area contributed by atoms with Gasteiger partial charge in [0.05, 0.1) is 6.42 Å². The maximum Gasteiger partial charge on any atom is 0.303 e. The summed E-state index contributed by atoms with van der Waals surface area (Å²) in [6.45, 7) is 3.50. The third-order valence-corrected chi connectivity index (χ3v) is 4.78. The van der Waals surface area contributed by atoms with Crippen LogP contribution in [0.2, 0.25) is 0 Å². The Hall–Kier alpha value is -1.36. The first-order chi connectivity index (χ1) is 10.5. The molecule has 0 spiro atoms. The van der Waals surface area contributed by atoms with E-state index in [0.29, 0.717) is 25.3 Å². The van der Waals surface area contributed by atoms with E-state index >= 15 is 0 Å². The molecule has 0 aliphatic carbocycles. The Bertz CT molecular complexity index is 559. The molecule has 22 heavy (non-hydrogen) atoms. The van der Waals surface area contributed by atoms with E-state index in [1.54, 1.807) is 0 Å². The second-order valence-corrected chi connectivity index (χ2v) is 6.94. The molecule has 1 unspecified atom stereocenters. The monoisotopic (exact) mass is 367 g/mol. The van der Waals surface area contributed by atoms with Gasteiger partial charge in [-0.25, -0.2) is 0 Å². The Morgan fingerprint density at radius 1 is 1.41 bits per heavy atom. The summed E-state index contributed by atoms with van der Waals surface area (Å²) >= 11 is 3.43. The summed E-state index contributed by atoms with van der Waals surface area (Å²) in [5.41, 5.74) is 2.17. The first-order valence-corrected chi connectivity index (χ1v) is 8.49.